The molecule has 1 aliphatic heterocycles. The van der Waals surface area contributed by atoms with Crippen LogP contribution in [-0.2, 0) is 13.9 Å². The van der Waals surface area contributed by atoms with Crippen LogP contribution in [0.15, 0.2) is 72.8 Å². The molecule has 0 radical (unpaired) electrons. The van der Waals surface area contributed by atoms with Crippen LogP contribution < -0.4 is 10.4 Å². The van der Waals surface area contributed by atoms with Crippen molar-refractivity contribution in [2.24, 2.45) is 0 Å². The SMILES string of the molecule is CC1(C)OC[C@H](C/C=C\[C@@H](O)CCO[Si](c2ccccc2)(c2ccccc2)C(C)(C)C)O1. The number of ether oxygens (including phenoxy) is 2. The van der Waals surface area contributed by atoms with E-state index in [0.29, 0.717) is 19.6 Å². The molecule has 1 saturated heterocycles. The summed E-state index contributed by atoms with van der Waals surface area (Å²) >= 11 is 0. The molecule has 1 fully saturated rings. The molecule has 2 atom stereocenters. The number of aliphatic hydroxyl groups is 1. The van der Waals surface area contributed by atoms with E-state index in [2.05, 4.69) is 69.3 Å². The summed E-state index contributed by atoms with van der Waals surface area (Å²) < 4.78 is 18.3. The lowest BCUT2D eigenvalue weighted by Crippen LogP contribution is -2.66. The smallest absolute Gasteiger partial charge is 0.261 e. The molecular weight excluding hydrogens is 416 g/mol. The highest BCUT2D eigenvalue weighted by molar-refractivity contribution is 6.99. The van der Waals surface area contributed by atoms with Crippen LogP contribution in [0.2, 0.25) is 5.04 Å². The first kappa shape index (κ1) is 24.9. The fraction of sp³-hybridized carbons (Fsp3) is 0.481. The second kappa shape index (κ2) is 10.4. The second-order valence-electron chi connectivity index (χ2n) is 9.98. The van der Waals surface area contributed by atoms with E-state index in [-0.39, 0.29) is 11.1 Å². The zero-order chi connectivity index (χ0) is 23.2. The van der Waals surface area contributed by atoms with Gasteiger partial charge in [0.05, 0.1) is 18.8 Å². The average molecular weight is 455 g/mol. The van der Waals surface area contributed by atoms with Gasteiger partial charge in [0.25, 0.3) is 8.32 Å². The van der Waals surface area contributed by atoms with Crippen LogP contribution in [0.4, 0.5) is 0 Å². The minimum atomic E-state index is -2.56. The maximum absolute atomic E-state index is 10.5. The molecule has 0 amide bonds. The first-order chi connectivity index (χ1) is 15.1. The topological polar surface area (TPSA) is 47.9 Å². The maximum atomic E-state index is 10.5. The fourth-order valence-electron chi connectivity index (χ4n) is 4.46. The third kappa shape index (κ3) is 5.97. The van der Waals surface area contributed by atoms with E-state index >= 15 is 0 Å². The molecule has 0 bridgehead atoms. The molecule has 3 rings (SSSR count). The van der Waals surface area contributed by atoms with Gasteiger partial charge in [-0.15, -0.1) is 0 Å². The lowest BCUT2D eigenvalue weighted by atomic mass is 10.2. The Balaban J connectivity index is 1.69. The van der Waals surface area contributed by atoms with Crippen molar-refractivity contribution in [1.29, 1.82) is 0 Å². The van der Waals surface area contributed by atoms with Crippen molar-refractivity contribution in [1.82, 2.24) is 0 Å². The summed E-state index contributed by atoms with van der Waals surface area (Å²) in [6, 6.07) is 21.2. The van der Waals surface area contributed by atoms with Crippen LogP contribution >= 0.6 is 0 Å². The third-order valence-electron chi connectivity index (χ3n) is 5.97. The molecule has 0 unspecified atom stereocenters. The monoisotopic (exact) mass is 454 g/mol. The Kier molecular flexibility index (Phi) is 8.12. The number of hydrogen-bond acceptors (Lipinski definition) is 4. The quantitative estimate of drug-likeness (QED) is 0.450. The van der Waals surface area contributed by atoms with Gasteiger partial charge in [-0.3, -0.25) is 0 Å². The molecule has 0 aliphatic carbocycles. The van der Waals surface area contributed by atoms with Gasteiger partial charge < -0.3 is 19.0 Å². The minimum absolute atomic E-state index is 0.0433. The molecule has 0 spiro atoms. The van der Waals surface area contributed by atoms with E-state index < -0.39 is 20.2 Å². The zero-order valence-electron chi connectivity index (χ0n) is 20.1. The van der Waals surface area contributed by atoms with E-state index in [1.165, 1.54) is 10.4 Å². The van der Waals surface area contributed by atoms with Gasteiger partial charge in [0, 0.05) is 6.61 Å². The van der Waals surface area contributed by atoms with Crippen molar-refractivity contribution < 1.29 is 19.0 Å². The highest BCUT2D eigenvalue weighted by Crippen LogP contribution is 2.36. The van der Waals surface area contributed by atoms with Gasteiger partial charge in [-0.2, -0.15) is 0 Å². The summed E-state index contributed by atoms with van der Waals surface area (Å²) in [6.07, 6.45) is 4.61. The number of rotatable bonds is 9. The van der Waals surface area contributed by atoms with Gasteiger partial charge >= 0.3 is 0 Å². The number of hydrogen-bond donors (Lipinski definition) is 1. The minimum Gasteiger partial charge on any atom is -0.407 e. The highest BCUT2D eigenvalue weighted by atomic mass is 28.4. The Morgan fingerprint density at radius 2 is 1.62 bits per heavy atom. The van der Waals surface area contributed by atoms with Crippen LogP contribution in [0.1, 0.15) is 47.5 Å². The second-order valence-corrected chi connectivity index (χ2v) is 14.3. The molecule has 1 N–H and O–H groups in total. The van der Waals surface area contributed by atoms with Crippen LogP contribution in [0.5, 0.6) is 0 Å². The molecule has 0 saturated carbocycles. The Bertz CT molecular complexity index is 819. The first-order valence-electron chi connectivity index (χ1n) is 11.6. The molecule has 1 aliphatic rings. The van der Waals surface area contributed by atoms with Gasteiger partial charge in [0.15, 0.2) is 5.79 Å². The molecule has 2 aromatic carbocycles. The molecular formula is C27H38O4Si. The Morgan fingerprint density at radius 1 is 1.06 bits per heavy atom. The van der Waals surface area contributed by atoms with Crippen LogP contribution in [0.25, 0.3) is 0 Å². The van der Waals surface area contributed by atoms with Crippen molar-refractivity contribution in [2.45, 2.75) is 70.5 Å². The van der Waals surface area contributed by atoms with Crippen LogP contribution in [0, 0.1) is 0 Å². The van der Waals surface area contributed by atoms with Gasteiger partial charge in [0.1, 0.15) is 0 Å². The van der Waals surface area contributed by atoms with E-state index in [1.807, 2.05) is 38.1 Å². The summed E-state index contributed by atoms with van der Waals surface area (Å²) in [5.74, 6) is -0.513. The van der Waals surface area contributed by atoms with Crippen LogP contribution in [0.3, 0.4) is 0 Å². The predicted molar refractivity (Wildman–Crippen MR) is 133 cm³/mol. The number of aliphatic hydroxyl groups excluding tert-OH is 1. The van der Waals surface area contributed by atoms with Gasteiger partial charge in [-0.1, -0.05) is 93.6 Å². The van der Waals surface area contributed by atoms with Crippen molar-refractivity contribution in [3.63, 3.8) is 0 Å². The number of benzene rings is 2. The highest BCUT2D eigenvalue weighted by Gasteiger charge is 2.50. The zero-order valence-corrected chi connectivity index (χ0v) is 21.1. The van der Waals surface area contributed by atoms with Gasteiger partial charge in [-0.05, 0) is 42.1 Å². The first-order valence-corrected chi connectivity index (χ1v) is 13.5. The summed E-state index contributed by atoms with van der Waals surface area (Å²) in [4.78, 5) is 0. The Hall–Kier alpha value is -1.76. The molecule has 4 nitrogen and oxygen atoms in total. The standard InChI is InChI=1S/C27H38O4Si/c1-26(2,3)32(24-15-8-6-9-16-24,25-17-10-7-11-18-25)30-20-19-22(28)13-12-14-23-21-29-27(4,5)31-23/h6-13,15-18,22-23,28H,14,19-21H2,1-5H3/b13-12-/t22-,23+/m1/s1. The Morgan fingerprint density at radius 3 is 2.09 bits per heavy atom. The average Bonchev–Trinajstić information content (AvgIpc) is 3.10. The third-order valence-corrected chi connectivity index (χ3v) is 11.0. The molecule has 174 valence electrons. The van der Waals surface area contributed by atoms with Crippen molar-refractivity contribution in [3.05, 3.63) is 72.8 Å². The lowest BCUT2D eigenvalue weighted by molar-refractivity contribution is -0.137. The molecule has 0 aromatic heterocycles. The molecule has 5 heteroatoms. The van der Waals surface area contributed by atoms with Crippen LogP contribution in [-0.4, -0.2) is 44.6 Å². The summed E-state index contributed by atoms with van der Waals surface area (Å²) in [5, 5.41) is 13.0. The van der Waals surface area contributed by atoms with Crippen molar-refractivity contribution in [3.8, 4) is 0 Å². The van der Waals surface area contributed by atoms with Gasteiger partial charge in [-0.25, -0.2) is 0 Å². The normalized spacial score (nSPS) is 20.0. The predicted octanol–water partition coefficient (Wildman–Crippen LogP) is 4.41. The van der Waals surface area contributed by atoms with E-state index in [1.54, 1.807) is 0 Å². The van der Waals surface area contributed by atoms with Crippen molar-refractivity contribution in [2.75, 3.05) is 13.2 Å². The van der Waals surface area contributed by atoms with E-state index in [9.17, 15) is 5.11 Å². The molecule has 2 aromatic rings. The lowest BCUT2D eigenvalue weighted by Gasteiger charge is -2.43. The van der Waals surface area contributed by atoms with E-state index in [0.717, 1.165) is 6.42 Å². The molecule has 1 heterocycles. The molecule has 32 heavy (non-hydrogen) atoms. The summed E-state index contributed by atoms with van der Waals surface area (Å²) in [6.45, 7) is 11.7. The summed E-state index contributed by atoms with van der Waals surface area (Å²) in [5.41, 5.74) is 0. The van der Waals surface area contributed by atoms with E-state index in [4.69, 9.17) is 13.9 Å². The maximum Gasteiger partial charge on any atom is 0.261 e. The largest absolute Gasteiger partial charge is 0.407 e. The summed E-state index contributed by atoms with van der Waals surface area (Å²) in [7, 11) is -2.56. The Labute approximate surface area is 194 Å². The fourth-order valence-corrected chi connectivity index (χ4v) is 9.04. The van der Waals surface area contributed by atoms with Crippen molar-refractivity contribution >= 4 is 18.7 Å². The van der Waals surface area contributed by atoms with Gasteiger partial charge in [0.2, 0.25) is 0 Å².